The first kappa shape index (κ1) is 17.8. The highest BCUT2D eigenvalue weighted by Gasteiger charge is 2.22. The predicted molar refractivity (Wildman–Crippen MR) is 98.3 cm³/mol. The Morgan fingerprint density at radius 1 is 1.00 bits per heavy atom. The molecule has 0 aliphatic carbocycles. The van der Waals surface area contributed by atoms with Crippen molar-refractivity contribution in [2.24, 2.45) is 0 Å². The zero-order valence-corrected chi connectivity index (χ0v) is 15.0. The summed E-state index contributed by atoms with van der Waals surface area (Å²) in [4.78, 5) is 43.3. The van der Waals surface area contributed by atoms with Crippen LogP contribution in [0.3, 0.4) is 0 Å². The van der Waals surface area contributed by atoms with Crippen molar-refractivity contribution in [1.29, 1.82) is 0 Å². The number of hydrogen-bond acceptors (Lipinski definition) is 6. The van der Waals surface area contributed by atoms with Crippen LogP contribution in [0, 0.1) is 0 Å². The number of anilines is 1. The molecule has 0 bridgehead atoms. The summed E-state index contributed by atoms with van der Waals surface area (Å²) in [7, 11) is 0. The Hall–Kier alpha value is -3.62. The van der Waals surface area contributed by atoms with E-state index >= 15 is 0 Å². The average molecular weight is 382 g/mol. The minimum absolute atomic E-state index is 0.155. The number of carbonyl (C=O) groups is 3. The summed E-state index contributed by atoms with van der Waals surface area (Å²) < 4.78 is 10.5. The van der Waals surface area contributed by atoms with Crippen molar-refractivity contribution >= 4 is 23.9 Å². The van der Waals surface area contributed by atoms with Crippen molar-refractivity contribution in [3.8, 4) is 11.5 Å². The van der Waals surface area contributed by atoms with E-state index in [2.05, 4.69) is 10.3 Å². The molecule has 1 aromatic heterocycles. The molecule has 2 aliphatic heterocycles. The molecule has 0 radical (unpaired) electrons. The number of rotatable bonds is 4. The predicted octanol–water partition coefficient (Wildman–Crippen LogP) is 0.977. The number of piperazine rings is 1. The van der Waals surface area contributed by atoms with Crippen LogP contribution in [-0.4, -0.2) is 66.0 Å². The summed E-state index contributed by atoms with van der Waals surface area (Å²) in [5.74, 6) is 0.596. The molecule has 1 N–H and O–H groups in total. The molecule has 1 aromatic carbocycles. The molecule has 2 aliphatic rings. The van der Waals surface area contributed by atoms with E-state index in [0.29, 0.717) is 48.9 Å². The van der Waals surface area contributed by atoms with Gasteiger partial charge in [0.2, 0.25) is 13.2 Å². The molecule has 4 rings (SSSR count). The number of nitrogens with zero attached hydrogens (tertiary/aromatic N) is 3. The van der Waals surface area contributed by atoms with E-state index in [1.807, 2.05) is 0 Å². The van der Waals surface area contributed by atoms with Gasteiger partial charge in [0, 0.05) is 50.3 Å². The van der Waals surface area contributed by atoms with Crippen LogP contribution in [0.5, 0.6) is 11.5 Å². The zero-order valence-electron chi connectivity index (χ0n) is 15.0. The number of amides is 3. The Balaban J connectivity index is 1.45. The van der Waals surface area contributed by atoms with Gasteiger partial charge < -0.3 is 24.6 Å². The Morgan fingerprint density at radius 3 is 2.54 bits per heavy atom. The molecule has 2 aromatic rings. The van der Waals surface area contributed by atoms with Crippen LogP contribution < -0.4 is 14.8 Å². The van der Waals surface area contributed by atoms with E-state index in [-0.39, 0.29) is 24.2 Å². The fraction of sp³-hybridized carbons (Fsp3) is 0.263. The third kappa shape index (κ3) is 3.59. The van der Waals surface area contributed by atoms with Crippen LogP contribution >= 0.6 is 0 Å². The van der Waals surface area contributed by atoms with Crippen LogP contribution in [-0.2, 0) is 4.79 Å². The summed E-state index contributed by atoms with van der Waals surface area (Å²) in [5, 5.41) is 2.76. The van der Waals surface area contributed by atoms with Crippen molar-refractivity contribution in [3.63, 3.8) is 0 Å². The maximum atomic E-state index is 12.7. The Morgan fingerprint density at radius 2 is 1.75 bits per heavy atom. The maximum Gasteiger partial charge on any atom is 0.257 e. The second-order valence-electron chi connectivity index (χ2n) is 6.42. The average Bonchev–Trinajstić information content (AvgIpc) is 3.21. The van der Waals surface area contributed by atoms with Crippen LogP contribution in [0.1, 0.15) is 20.7 Å². The Labute approximate surface area is 160 Å². The number of ether oxygens (including phenoxy) is 2. The van der Waals surface area contributed by atoms with E-state index in [9.17, 15) is 14.4 Å². The highest BCUT2D eigenvalue weighted by Crippen LogP contribution is 2.34. The number of aromatic nitrogens is 1. The van der Waals surface area contributed by atoms with Gasteiger partial charge in [-0.15, -0.1) is 0 Å². The molecule has 0 atom stereocenters. The van der Waals surface area contributed by atoms with Crippen molar-refractivity contribution < 1.29 is 23.9 Å². The highest BCUT2D eigenvalue weighted by molar-refractivity contribution is 6.06. The molecule has 9 heteroatoms. The summed E-state index contributed by atoms with van der Waals surface area (Å²) >= 11 is 0. The van der Waals surface area contributed by atoms with Gasteiger partial charge in [-0.05, 0) is 18.2 Å². The van der Waals surface area contributed by atoms with E-state index in [1.54, 1.807) is 28.0 Å². The summed E-state index contributed by atoms with van der Waals surface area (Å²) in [6.45, 7) is 2.04. The van der Waals surface area contributed by atoms with Gasteiger partial charge in [0.25, 0.3) is 11.8 Å². The molecule has 0 saturated carbocycles. The van der Waals surface area contributed by atoms with Crippen molar-refractivity contribution in [2.75, 3.05) is 38.3 Å². The second-order valence-corrected chi connectivity index (χ2v) is 6.42. The van der Waals surface area contributed by atoms with E-state index in [1.165, 1.54) is 18.5 Å². The fourth-order valence-electron chi connectivity index (χ4n) is 3.07. The monoisotopic (exact) mass is 382 g/mol. The molecular weight excluding hydrogens is 364 g/mol. The largest absolute Gasteiger partial charge is 0.454 e. The normalized spacial score (nSPS) is 15.3. The molecular formula is C19H18N4O5. The van der Waals surface area contributed by atoms with Crippen LogP contribution in [0.2, 0.25) is 0 Å². The van der Waals surface area contributed by atoms with E-state index in [4.69, 9.17) is 9.47 Å². The number of pyridine rings is 1. The molecule has 3 heterocycles. The van der Waals surface area contributed by atoms with Gasteiger partial charge in [0.15, 0.2) is 11.5 Å². The van der Waals surface area contributed by atoms with Crippen LogP contribution in [0.25, 0.3) is 0 Å². The highest BCUT2D eigenvalue weighted by atomic mass is 16.7. The SMILES string of the molecule is O=CN1CCN(C(=O)c2cncc(C(=O)Nc3ccc4c(c3)OCO4)c2)CC1. The number of carbonyl (C=O) groups excluding carboxylic acids is 3. The number of benzene rings is 1. The summed E-state index contributed by atoms with van der Waals surface area (Å²) in [5.41, 5.74) is 1.16. The minimum Gasteiger partial charge on any atom is -0.454 e. The minimum atomic E-state index is -0.383. The molecule has 9 nitrogen and oxygen atoms in total. The summed E-state index contributed by atoms with van der Waals surface area (Å²) in [6, 6.07) is 6.62. The van der Waals surface area contributed by atoms with E-state index < -0.39 is 0 Å². The number of nitrogens with one attached hydrogen (secondary N) is 1. The fourth-order valence-corrected chi connectivity index (χ4v) is 3.07. The van der Waals surface area contributed by atoms with Crippen molar-refractivity contribution in [2.45, 2.75) is 0 Å². The molecule has 0 spiro atoms. The maximum absolute atomic E-state index is 12.7. The van der Waals surface area contributed by atoms with E-state index in [0.717, 1.165) is 6.41 Å². The smallest absolute Gasteiger partial charge is 0.257 e. The molecule has 3 amide bonds. The van der Waals surface area contributed by atoms with Crippen molar-refractivity contribution in [3.05, 3.63) is 47.8 Å². The van der Waals surface area contributed by atoms with Gasteiger partial charge >= 0.3 is 0 Å². The lowest BCUT2D eigenvalue weighted by Crippen LogP contribution is -2.48. The van der Waals surface area contributed by atoms with Gasteiger partial charge in [0.05, 0.1) is 11.1 Å². The lowest BCUT2D eigenvalue weighted by molar-refractivity contribution is -0.119. The number of hydrogen-bond donors (Lipinski definition) is 1. The lowest BCUT2D eigenvalue weighted by Gasteiger charge is -2.32. The van der Waals surface area contributed by atoms with Gasteiger partial charge in [-0.2, -0.15) is 0 Å². The number of fused-ring (bicyclic) bond motifs is 1. The van der Waals surface area contributed by atoms with Crippen LogP contribution in [0.15, 0.2) is 36.7 Å². The first-order chi connectivity index (χ1) is 13.6. The van der Waals surface area contributed by atoms with Crippen molar-refractivity contribution in [1.82, 2.24) is 14.8 Å². The first-order valence-corrected chi connectivity index (χ1v) is 8.79. The Bertz CT molecular complexity index is 924. The molecule has 1 fully saturated rings. The third-order valence-electron chi connectivity index (χ3n) is 4.63. The second kappa shape index (κ2) is 7.55. The summed E-state index contributed by atoms with van der Waals surface area (Å²) in [6.07, 6.45) is 3.62. The van der Waals surface area contributed by atoms with Gasteiger partial charge in [0.1, 0.15) is 0 Å². The molecule has 1 saturated heterocycles. The quantitative estimate of drug-likeness (QED) is 0.791. The molecule has 28 heavy (non-hydrogen) atoms. The van der Waals surface area contributed by atoms with Crippen LogP contribution in [0.4, 0.5) is 5.69 Å². The zero-order chi connectivity index (χ0) is 19.5. The Kier molecular flexibility index (Phi) is 4.79. The molecule has 0 unspecified atom stereocenters. The first-order valence-electron chi connectivity index (χ1n) is 8.79. The van der Waals surface area contributed by atoms with Gasteiger partial charge in [-0.25, -0.2) is 0 Å². The topological polar surface area (TPSA) is 101 Å². The standard InChI is InChI=1S/C19H18N4O5/c24-11-22-3-5-23(6-4-22)19(26)14-7-13(9-20-10-14)18(25)21-15-1-2-16-17(8-15)28-12-27-16/h1-2,7-11H,3-6,12H2,(H,21,25). The van der Waals surface area contributed by atoms with Gasteiger partial charge in [-0.3, -0.25) is 19.4 Å². The third-order valence-corrected chi connectivity index (χ3v) is 4.63. The molecule has 144 valence electrons. The van der Waals surface area contributed by atoms with Gasteiger partial charge in [-0.1, -0.05) is 0 Å². The lowest BCUT2D eigenvalue weighted by atomic mass is 10.1.